The van der Waals surface area contributed by atoms with E-state index in [-0.39, 0.29) is 11.9 Å². The second-order valence-electron chi connectivity index (χ2n) is 7.96. The van der Waals surface area contributed by atoms with Gasteiger partial charge >= 0.3 is 0 Å². The molecule has 0 bridgehead atoms. The van der Waals surface area contributed by atoms with Crippen molar-refractivity contribution in [1.29, 1.82) is 0 Å². The molecule has 0 unspecified atom stereocenters. The molecular weight excluding hydrogens is 414 g/mol. The Morgan fingerprint density at radius 1 is 1.00 bits per heavy atom. The van der Waals surface area contributed by atoms with Crippen molar-refractivity contribution in [2.45, 2.75) is 19.5 Å². The van der Waals surface area contributed by atoms with Gasteiger partial charge in [0.1, 0.15) is 18.2 Å². The van der Waals surface area contributed by atoms with Gasteiger partial charge in [-0.3, -0.25) is 4.79 Å². The second-order valence-corrected chi connectivity index (χ2v) is 7.96. The fourth-order valence-corrected chi connectivity index (χ4v) is 3.81. The molecule has 2 aromatic heterocycles. The van der Waals surface area contributed by atoms with Gasteiger partial charge in [-0.2, -0.15) is 5.10 Å². The highest BCUT2D eigenvalue weighted by molar-refractivity contribution is 5.94. The van der Waals surface area contributed by atoms with E-state index in [4.69, 9.17) is 0 Å². The first-order valence-electron chi connectivity index (χ1n) is 10.7. The van der Waals surface area contributed by atoms with E-state index in [1.165, 1.54) is 6.33 Å². The molecule has 0 N–H and O–H groups in total. The summed E-state index contributed by atoms with van der Waals surface area (Å²) in [6.45, 7) is 2.62. The Morgan fingerprint density at radius 2 is 1.76 bits per heavy atom. The second kappa shape index (κ2) is 8.66. The van der Waals surface area contributed by atoms with Gasteiger partial charge in [-0.15, -0.1) is 5.10 Å². The van der Waals surface area contributed by atoms with Gasteiger partial charge in [0, 0.05) is 12.6 Å². The van der Waals surface area contributed by atoms with E-state index >= 15 is 0 Å². The van der Waals surface area contributed by atoms with Crippen molar-refractivity contribution in [2.24, 2.45) is 0 Å². The summed E-state index contributed by atoms with van der Waals surface area (Å²) in [5, 5.41) is 12.6. The number of hydrogen-bond acceptors (Lipinski definition) is 5. The lowest BCUT2D eigenvalue weighted by molar-refractivity contribution is 0.0742. The van der Waals surface area contributed by atoms with E-state index in [1.54, 1.807) is 15.9 Å². The van der Waals surface area contributed by atoms with Crippen LogP contribution in [-0.2, 0) is 6.54 Å². The summed E-state index contributed by atoms with van der Waals surface area (Å²) in [7, 11) is 1.83. The Kier molecular flexibility index (Phi) is 5.40. The molecule has 0 radical (unpaired) electrons. The third kappa shape index (κ3) is 4.10. The third-order valence-corrected chi connectivity index (χ3v) is 5.91. The zero-order valence-corrected chi connectivity index (χ0v) is 18.4. The smallest absolute Gasteiger partial charge is 0.254 e. The molecular formula is C25H23N7O. The molecule has 0 aliphatic heterocycles. The first kappa shape index (κ1) is 20.6. The molecule has 33 heavy (non-hydrogen) atoms. The van der Waals surface area contributed by atoms with Gasteiger partial charge in [-0.05, 0) is 54.4 Å². The van der Waals surface area contributed by atoms with Crippen LogP contribution in [0.2, 0.25) is 0 Å². The number of rotatable bonds is 6. The van der Waals surface area contributed by atoms with E-state index < -0.39 is 0 Å². The molecule has 5 aromatic rings. The van der Waals surface area contributed by atoms with Crippen molar-refractivity contribution >= 4 is 16.9 Å². The van der Waals surface area contributed by atoms with Crippen LogP contribution >= 0.6 is 0 Å². The highest BCUT2D eigenvalue weighted by Crippen LogP contribution is 2.22. The van der Waals surface area contributed by atoms with Crippen molar-refractivity contribution in [3.8, 4) is 5.69 Å². The maximum atomic E-state index is 13.1. The largest absolute Gasteiger partial charge is 0.335 e. The molecule has 0 saturated heterocycles. The van der Waals surface area contributed by atoms with Gasteiger partial charge in [0.2, 0.25) is 0 Å². The van der Waals surface area contributed by atoms with E-state index in [0.717, 1.165) is 27.8 Å². The maximum absolute atomic E-state index is 13.1. The lowest BCUT2D eigenvalue weighted by atomic mass is 10.0. The third-order valence-electron chi connectivity index (χ3n) is 5.91. The van der Waals surface area contributed by atoms with Crippen LogP contribution in [0.3, 0.4) is 0 Å². The SMILES string of the molecule is C[C@H](c1ccc(-n2cncn2)cc1)N(C)C(=O)c1ccc(Cn2nnc3ccccc32)cc1. The number of amides is 1. The quantitative estimate of drug-likeness (QED) is 0.403. The summed E-state index contributed by atoms with van der Waals surface area (Å²) in [5.74, 6) is -0.0272. The first-order chi connectivity index (χ1) is 16.1. The highest BCUT2D eigenvalue weighted by Gasteiger charge is 2.19. The van der Waals surface area contributed by atoms with E-state index in [2.05, 4.69) is 20.4 Å². The van der Waals surface area contributed by atoms with Gasteiger partial charge < -0.3 is 4.90 Å². The van der Waals surface area contributed by atoms with Crippen LogP contribution < -0.4 is 0 Å². The molecule has 3 aromatic carbocycles. The summed E-state index contributed by atoms with van der Waals surface area (Å²) in [6, 6.07) is 23.4. The maximum Gasteiger partial charge on any atom is 0.254 e. The molecule has 1 atom stereocenters. The van der Waals surface area contributed by atoms with Crippen LogP contribution in [0.15, 0.2) is 85.5 Å². The minimum atomic E-state index is -0.0801. The number of para-hydroxylation sites is 1. The van der Waals surface area contributed by atoms with E-state index in [0.29, 0.717) is 12.1 Å². The minimum Gasteiger partial charge on any atom is -0.335 e. The fourth-order valence-electron chi connectivity index (χ4n) is 3.81. The Hall–Kier alpha value is -4.33. The number of carbonyl (C=O) groups is 1. The predicted molar refractivity (Wildman–Crippen MR) is 125 cm³/mol. The monoisotopic (exact) mass is 437 g/mol. The van der Waals surface area contributed by atoms with Crippen LogP contribution in [0.4, 0.5) is 0 Å². The van der Waals surface area contributed by atoms with Crippen molar-refractivity contribution in [1.82, 2.24) is 34.7 Å². The molecule has 2 heterocycles. The molecule has 8 heteroatoms. The van der Waals surface area contributed by atoms with Crippen LogP contribution in [0, 0.1) is 0 Å². The summed E-state index contributed by atoms with van der Waals surface area (Å²) >= 11 is 0. The van der Waals surface area contributed by atoms with Crippen molar-refractivity contribution in [3.05, 3.63) is 102 Å². The normalized spacial score (nSPS) is 12.1. The van der Waals surface area contributed by atoms with Crippen LogP contribution in [0.1, 0.15) is 34.5 Å². The van der Waals surface area contributed by atoms with Crippen LogP contribution in [-0.4, -0.2) is 47.6 Å². The lowest BCUT2D eigenvalue weighted by Crippen LogP contribution is -2.29. The zero-order chi connectivity index (χ0) is 22.8. The Balaban J connectivity index is 1.27. The number of aromatic nitrogens is 6. The molecule has 5 rings (SSSR count). The fraction of sp³-hybridized carbons (Fsp3) is 0.160. The lowest BCUT2D eigenvalue weighted by Gasteiger charge is -2.25. The summed E-state index contributed by atoms with van der Waals surface area (Å²) in [6.07, 6.45) is 3.16. The minimum absolute atomic E-state index is 0.0272. The molecule has 0 aliphatic carbocycles. The number of hydrogen-bond donors (Lipinski definition) is 0. The van der Waals surface area contributed by atoms with Gasteiger partial charge in [-0.1, -0.05) is 41.6 Å². The van der Waals surface area contributed by atoms with Crippen LogP contribution in [0.25, 0.3) is 16.7 Å². The van der Waals surface area contributed by atoms with Crippen molar-refractivity contribution in [3.63, 3.8) is 0 Å². The van der Waals surface area contributed by atoms with Gasteiger partial charge in [0.25, 0.3) is 5.91 Å². The Bertz CT molecular complexity index is 1370. The van der Waals surface area contributed by atoms with Crippen LogP contribution in [0.5, 0.6) is 0 Å². The van der Waals surface area contributed by atoms with Crippen molar-refractivity contribution in [2.75, 3.05) is 7.05 Å². The van der Waals surface area contributed by atoms with Crippen molar-refractivity contribution < 1.29 is 4.79 Å². The molecule has 0 fully saturated rings. The average molecular weight is 438 g/mol. The highest BCUT2D eigenvalue weighted by atomic mass is 16.2. The molecule has 0 spiro atoms. The number of fused-ring (bicyclic) bond motifs is 1. The molecule has 0 aliphatic rings. The van der Waals surface area contributed by atoms with Gasteiger partial charge in [0.05, 0.1) is 23.8 Å². The topological polar surface area (TPSA) is 81.7 Å². The predicted octanol–water partition coefficient (Wildman–Crippen LogP) is 3.89. The number of nitrogens with zero attached hydrogens (tertiary/aromatic N) is 7. The standard InChI is InChI=1S/C25H23N7O/c1-18(20-11-13-22(14-12-20)32-17-26-16-27-32)30(2)25(33)21-9-7-19(8-10-21)15-31-24-6-4-3-5-23(24)28-29-31/h3-14,16-18H,15H2,1-2H3/t18-/m1/s1. The number of carbonyl (C=O) groups excluding carboxylic acids is 1. The Morgan fingerprint density at radius 3 is 2.48 bits per heavy atom. The molecule has 8 nitrogen and oxygen atoms in total. The number of benzene rings is 3. The molecule has 0 saturated carbocycles. The average Bonchev–Trinajstić information content (AvgIpc) is 3.54. The van der Waals surface area contributed by atoms with Gasteiger partial charge in [0.15, 0.2) is 0 Å². The molecule has 1 amide bonds. The first-order valence-corrected chi connectivity index (χ1v) is 10.7. The summed E-state index contributed by atoms with van der Waals surface area (Å²) in [4.78, 5) is 18.8. The van der Waals surface area contributed by atoms with E-state index in [9.17, 15) is 4.79 Å². The van der Waals surface area contributed by atoms with E-state index in [1.807, 2.05) is 91.4 Å². The molecule has 164 valence electrons. The summed E-state index contributed by atoms with van der Waals surface area (Å²) < 4.78 is 3.57. The summed E-state index contributed by atoms with van der Waals surface area (Å²) in [5.41, 5.74) is 5.53. The zero-order valence-electron chi connectivity index (χ0n) is 18.4. The Labute approximate surface area is 191 Å². The van der Waals surface area contributed by atoms with Gasteiger partial charge in [-0.25, -0.2) is 14.3 Å².